The van der Waals surface area contributed by atoms with E-state index in [1.54, 1.807) is 78.9 Å². The van der Waals surface area contributed by atoms with Gasteiger partial charge in [-0.3, -0.25) is 14.4 Å². The second-order valence-corrected chi connectivity index (χ2v) is 11.4. The summed E-state index contributed by atoms with van der Waals surface area (Å²) in [6.07, 6.45) is 1.55. The van der Waals surface area contributed by atoms with Crippen molar-refractivity contribution in [2.75, 3.05) is 16.7 Å². The fourth-order valence-electron chi connectivity index (χ4n) is 3.93. The monoisotopic (exact) mass is 547 g/mol. The van der Waals surface area contributed by atoms with Crippen molar-refractivity contribution in [3.63, 3.8) is 0 Å². The Balaban J connectivity index is 1.45. The smallest absolute Gasteiger partial charge is 0.261 e. The molecule has 0 atom stereocenters. The highest BCUT2D eigenvalue weighted by Gasteiger charge is 2.24. The molecule has 5 rings (SSSR count). The molecule has 0 radical (unpaired) electrons. The number of aryl methyl sites for hydroxylation is 2. The maximum atomic E-state index is 13.7. The number of carbonyl (C=O) groups excluding carboxylic acids is 1. The summed E-state index contributed by atoms with van der Waals surface area (Å²) in [6.45, 7) is 4.05. The van der Waals surface area contributed by atoms with E-state index in [2.05, 4.69) is 4.72 Å². The molecule has 0 fully saturated rings. The van der Waals surface area contributed by atoms with Crippen LogP contribution >= 0.6 is 11.3 Å². The van der Waals surface area contributed by atoms with Gasteiger partial charge in [0.25, 0.3) is 15.9 Å². The molecule has 0 aliphatic heterocycles. The normalized spacial score (nSPS) is 11.4. The zero-order valence-corrected chi connectivity index (χ0v) is 22.6. The zero-order chi connectivity index (χ0) is 26.9. The van der Waals surface area contributed by atoms with E-state index in [4.69, 9.17) is 14.1 Å². The van der Waals surface area contributed by atoms with Crippen LogP contribution < -0.4 is 14.4 Å². The third-order valence-corrected chi connectivity index (χ3v) is 8.61. The van der Waals surface area contributed by atoms with Crippen LogP contribution in [0.3, 0.4) is 0 Å². The third kappa shape index (κ3) is 5.13. The topological polar surface area (TPSA) is 102 Å². The first-order valence-electron chi connectivity index (χ1n) is 11.7. The molecule has 1 N–H and O–H groups in total. The van der Waals surface area contributed by atoms with E-state index in [-0.39, 0.29) is 17.3 Å². The van der Waals surface area contributed by atoms with E-state index >= 15 is 0 Å². The molecule has 10 heteroatoms. The van der Waals surface area contributed by atoms with Gasteiger partial charge in [0.2, 0.25) is 0 Å². The Morgan fingerprint density at radius 3 is 2.42 bits per heavy atom. The molecule has 8 nitrogen and oxygen atoms in total. The number of ether oxygens (including phenoxy) is 1. The maximum absolute atomic E-state index is 13.7. The third-order valence-electron chi connectivity index (χ3n) is 6.00. The highest BCUT2D eigenvalue weighted by atomic mass is 32.2. The molecule has 5 aromatic rings. The van der Waals surface area contributed by atoms with Crippen molar-refractivity contribution in [1.29, 1.82) is 0 Å². The van der Waals surface area contributed by atoms with Crippen LogP contribution in [0, 0.1) is 13.8 Å². The number of nitrogens with one attached hydrogen (secondary N) is 1. The van der Waals surface area contributed by atoms with Crippen molar-refractivity contribution in [1.82, 2.24) is 4.98 Å². The van der Waals surface area contributed by atoms with Crippen LogP contribution in [0.25, 0.3) is 10.2 Å². The molecule has 1 amide bonds. The van der Waals surface area contributed by atoms with Gasteiger partial charge in [-0.15, -0.1) is 0 Å². The van der Waals surface area contributed by atoms with Crippen LogP contribution in [0.5, 0.6) is 5.75 Å². The maximum Gasteiger partial charge on any atom is 0.261 e. The van der Waals surface area contributed by atoms with Gasteiger partial charge in [0, 0.05) is 11.3 Å². The van der Waals surface area contributed by atoms with Gasteiger partial charge < -0.3 is 9.15 Å². The van der Waals surface area contributed by atoms with Crippen molar-refractivity contribution in [3.05, 3.63) is 102 Å². The minimum atomic E-state index is -3.76. The van der Waals surface area contributed by atoms with E-state index in [1.165, 1.54) is 11.3 Å². The Bertz CT molecular complexity index is 1690. The van der Waals surface area contributed by atoms with Crippen molar-refractivity contribution in [2.45, 2.75) is 25.3 Å². The van der Waals surface area contributed by atoms with E-state index < -0.39 is 10.0 Å². The number of furan rings is 1. The quantitative estimate of drug-likeness (QED) is 0.250. The van der Waals surface area contributed by atoms with Gasteiger partial charge >= 0.3 is 0 Å². The average molecular weight is 548 g/mol. The SMILES string of the molecule is COc1ccc(C)c2sc(N(Cc3ccco3)C(=O)c3ccc(NS(=O)(=O)c4ccc(C)cc4)cc3)nc12. The molecule has 0 spiro atoms. The van der Waals surface area contributed by atoms with Crippen LogP contribution in [-0.2, 0) is 16.6 Å². The minimum absolute atomic E-state index is 0.162. The summed E-state index contributed by atoms with van der Waals surface area (Å²) in [5.74, 6) is 0.928. The molecule has 0 aliphatic carbocycles. The number of anilines is 2. The second-order valence-electron chi connectivity index (χ2n) is 8.73. The largest absolute Gasteiger partial charge is 0.494 e. The van der Waals surface area contributed by atoms with E-state index in [9.17, 15) is 13.2 Å². The van der Waals surface area contributed by atoms with Crippen molar-refractivity contribution < 1.29 is 22.4 Å². The number of hydrogen-bond donors (Lipinski definition) is 1. The van der Waals surface area contributed by atoms with Crippen molar-refractivity contribution in [2.24, 2.45) is 0 Å². The number of amides is 1. The molecular formula is C28H25N3O5S2. The lowest BCUT2D eigenvalue weighted by atomic mass is 10.2. The summed E-state index contributed by atoms with van der Waals surface area (Å²) in [5.41, 5.74) is 3.40. The van der Waals surface area contributed by atoms with Gasteiger partial charge in [-0.2, -0.15) is 0 Å². The Hall–Kier alpha value is -4.15. The molecule has 0 aliphatic rings. The minimum Gasteiger partial charge on any atom is -0.494 e. The molecule has 3 aromatic carbocycles. The fraction of sp³-hybridized carbons (Fsp3) is 0.143. The molecular weight excluding hydrogens is 522 g/mol. The number of rotatable bonds is 8. The molecule has 0 saturated carbocycles. The number of benzene rings is 3. The fourth-order valence-corrected chi connectivity index (χ4v) is 6.04. The first-order valence-corrected chi connectivity index (χ1v) is 14.0. The first kappa shape index (κ1) is 25.5. The van der Waals surface area contributed by atoms with Gasteiger partial charge in [-0.25, -0.2) is 13.4 Å². The summed E-state index contributed by atoms with van der Waals surface area (Å²) >= 11 is 1.40. The summed E-state index contributed by atoms with van der Waals surface area (Å²) < 4.78 is 40.0. The highest BCUT2D eigenvalue weighted by Crippen LogP contribution is 2.37. The Morgan fingerprint density at radius 1 is 1.03 bits per heavy atom. The van der Waals surface area contributed by atoms with Crippen LogP contribution in [-0.4, -0.2) is 26.4 Å². The molecule has 194 valence electrons. The molecule has 38 heavy (non-hydrogen) atoms. The lowest BCUT2D eigenvalue weighted by Crippen LogP contribution is -2.30. The predicted octanol–water partition coefficient (Wildman–Crippen LogP) is 6.16. The van der Waals surface area contributed by atoms with Gasteiger partial charge in [-0.05, 0) is 74.0 Å². The van der Waals surface area contributed by atoms with Crippen molar-refractivity contribution >= 4 is 48.3 Å². The standard InChI is InChI=1S/C28H25N3O5S2/c1-18-6-13-23(14-7-18)38(33,34)30-21-11-9-20(10-12-21)27(32)31(17-22-5-4-16-36-22)28-29-25-24(35-3)15-8-19(2)26(25)37-28/h4-16,30H,17H2,1-3H3. The number of hydrogen-bond acceptors (Lipinski definition) is 7. The molecule has 0 unspecified atom stereocenters. The Morgan fingerprint density at radius 2 is 1.76 bits per heavy atom. The van der Waals surface area contributed by atoms with Crippen LogP contribution in [0.2, 0.25) is 0 Å². The van der Waals surface area contributed by atoms with E-state index in [0.717, 1.165) is 15.8 Å². The lowest BCUT2D eigenvalue weighted by molar-refractivity contribution is 0.0983. The Kier molecular flexibility index (Phi) is 6.92. The molecule has 0 bridgehead atoms. The van der Waals surface area contributed by atoms with Gasteiger partial charge in [0.1, 0.15) is 17.0 Å². The summed E-state index contributed by atoms with van der Waals surface area (Å²) in [4.78, 5) is 20.2. The first-order chi connectivity index (χ1) is 18.2. The van der Waals surface area contributed by atoms with Gasteiger partial charge in [-0.1, -0.05) is 35.1 Å². The number of carbonyl (C=O) groups is 1. The molecule has 2 aromatic heterocycles. The molecule has 2 heterocycles. The number of nitrogens with zero attached hydrogens (tertiary/aromatic N) is 2. The second kappa shape index (κ2) is 10.3. The summed E-state index contributed by atoms with van der Waals surface area (Å²) in [5, 5.41) is 0.498. The van der Waals surface area contributed by atoms with Crippen LogP contribution in [0.15, 0.2) is 88.4 Å². The van der Waals surface area contributed by atoms with Gasteiger partial charge in [0.15, 0.2) is 5.13 Å². The van der Waals surface area contributed by atoms with Gasteiger partial charge in [0.05, 0.1) is 29.5 Å². The zero-order valence-electron chi connectivity index (χ0n) is 21.0. The summed E-state index contributed by atoms with van der Waals surface area (Å²) in [7, 11) is -2.17. The lowest BCUT2D eigenvalue weighted by Gasteiger charge is -2.19. The Labute approximate surface area is 224 Å². The van der Waals surface area contributed by atoms with Crippen LogP contribution in [0.1, 0.15) is 27.2 Å². The van der Waals surface area contributed by atoms with E-state index in [0.29, 0.717) is 33.4 Å². The number of sulfonamides is 1. The summed E-state index contributed by atoms with van der Waals surface area (Å²) in [6, 6.07) is 20.3. The number of fused-ring (bicyclic) bond motifs is 1. The van der Waals surface area contributed by atoms with Crippen molar-refractivity contribution in [3.8, 4) is 5.75 Å². The number of aromatic nitrogens is 1. The number of methoxy groups -OCH3 is 1. The average Bonchev–Trinajstić information content (AvgIpc) is 3.58. The predicted molar refractivity (Wildman–Crippen MR) is 149 cm³/mol. The highest BCUT2D eigenvalue weighted by molar-refractivity contribution is 7.92. The molecule has 0 saturated heterocycles. The van der Waals surface area contributed by atoms with Crippen LogP contribution in [0.4, 0.5) is 10.8 Å². The number of thiazole rings is 1. The van der Waals surface area contributed by atoms with E-state index in [1.807, 2.05) is 26.0 Å².